The summed E-state index contributed by atoms with van der Waals surface area (Å²) in [5.41, 5.74) is 1.35. The van der Waals surface area contributed by atoms with Gasteiger partial charge in [-0.15, -0.1) is 11.3 Å². The summed E-state index contributed by atoms with van der Waals surface area (Å²) in [6.07, 6.45) is 5.04. The Bertz CT molecular complexity index is 653. The molecule has 1 atom stereocenters. The van der Waals surface area contributed by atoms with Gasteiger partial charge in [0.15, 0.2) is 0 Å². The van der Waals surface area contributed by atoms with E-state index in [4.69, 9.17) is 0 Å². The second-order valence-corrected chi connectivity index (χ2v) is 6.27. The average Bonchev–Trinajstić information content (AvgIpc) is 2.78. The monoisotopic (exact) mass is 290 g/mol. The summed E-state index contributed by atoms with van der Waals surface area (Å²) in [7, 11) is 0. The second-order valence-electron chi connectivity index (χ2n) is 5.18. The smallest absolute Gasteiger partial charge is 0.138 e. The predicted octanol–water partition coefficient (Wildman–Crippen LogP) is 1.68. The van der Waals surface area contributed by atoms with Gasteiger partial charge in [-0.05, 0) is 30.7 Å². The molecule has 2 aromatic heterocycles. The molecule has 0 fully saturated rings. The number of fused-ring (bicyclic) bond motifs is 3. The Hall–Kier alpha value is -1.69. The number of aromatic nitrogens is 2. The standard InChI is InChI=1S/C14H17N3O2S/c1-8-3-2-4-9-11(8)12-13(15-6-5-10(18)19)16-7-17-14(12)20-9/h7-8H,2-6H2,1H3,(H,18,19)(H,15,16,17)/p-1/t8-/m0/s1. The summed E-state index contributed by atoms with van der Waals surface area (Å²) in [5.74, 6) is 0.214. The van der Waals surface area contributed by atoms with Crippen molar-refractivity contribution in [3.05, 3.63) is 16.8 Å². The number of carbonyl (C=O) groups excluding carboxylic acids is 1. The second kappa shape index (κ2) is 5.36. The minimum atomic E-state index is -1.05. The molecule has 20 heavy (non-hydrogen) atoms. The zero-order valence-electron chi connectivity index (χ0n) is 11.3. The molecule has 0 saturated carbocycles. The van der Waals surface area contributed by atoms with Crippen LogP contribution in [0, 0.1) is 0 Å². The number of thiophene rings is 1. The molecule has 5 nitrogen and oxygen atoms in total. The van der Waals surface area contributed by atoms with E-state index in [0.717, 1.165) is 22.5 Å². The molecule has 1 aliphatic carbocycles. The number of carboxylic acids is 1. The Labute approximate surface area is 121 Å². The summed E-state index contributed by atoms with van der Waals surface area (Å²) >= 11 is 1.74. The van der Waals surface area contributed by atoms with Gasteiger partial charge in [-0.3, -0.25) is 0 Å². The summed E-state index contributed by atoms with van der Waals surface area (Å²) in [4.78, 5) is 21.6. The van der Waals surface area contributed by atoms with Crippen molar-refractivity contribution in [1.29, 1.82) is 0 Å². The molecule has 0 aliphatic heterocycles. The van der Waals surface area contributed by atoms with Crippen molar-refractivity contribution in [1.82, 2.24) is 9.97 Å². The number of aryl methyl sites for hydroxylation is 1. The first-order valence-electron chi connectivity index (χ1n) is 6.87. The molecule has 0 amide bonds. The maximum absolute atomic E-state index is 10.5. The molecule has 106 valence electrons. The fraction of sp³-hybridized carbons (Fsp3) is 0.500. The van der Waals surface area contributed by atoms with E-state index >= 15 is 0 Å². The number of anilines is 1. The Morgan fingerprint density at radius 1 is 1.55 bits per heavy atom. The van der Waals surface area contributed by atoms with Crippen molar-refractivity contribution in [2.45, 2.75) is 38.5 Å². The number of rotatable bonds is 4. The maximum atomic E-state index is 10.5. The largest absolute Gasteiger partial charge is 0.550 e. The highest BCUT2D eigenvalue weighted by Crippen LogP contribution is 2.43. The Morgan fingerprint density at radius 3 is 3.20 bits per heavy atom. The van der Waals surface area contributed by atoms with Crippen molar-refractivity contribution >= 4 is 33.3 Å². The first-order chi connectivity index (χ1) is 9.66. The van der Waals surface area contributed by atoms with E-state index in [-0.39, 0.29) is 6.42 Å². The zero-order chi connectivity index (χ0) is 14.1. The highest BCUT2D eigenvalue weighted by molar-refractivity contribution is 7.19. The summed E-state index contributed by atoms with van der Waals surface area (Å²) in [6, 6.07) is 0. The predicted molar refractivity (Wildman–Crippen MR) is 76.9 cm³/mol. The van der Waals surface area contributed by atoms with Gasteiger partial charge < -0.3 is 15.2 Å². The van der Waals surface area contributed by atoms with Gasteiger partial charge in [-0.2, -0.15) is 0 Å². The minimum Gasteiger partial charge on any atom is -0.550 e. The van der Waals surface area contributed by atoms with E-state index < -0.39 is 5.97 Å². The maximum Gasteiger partial charge on any atom is 0.138 e. The number of nitrogens with one attached hydrogen (secondary N) is 1. The number of carbonyl (C=O) groups is 1. The third-order valence-electron chi connectivity index (χ3n) is 3.76. The van der Waals surface area contributed by atoms with Crippen LogP contribution < -0.4 is 10.4 Å². The molecule has 0 saturated heterocycles. The average molecular weight is 290 g/mol. The summed E-state index contributed by atoms with van der Waals surface area (Å²) < 4.78 is 0. The lowest BCUT2D eigenvalue weighted by atomic mass is 9.87. The van der Waals surface area contributed by atoms with Gasteiger partial charge in [-0.1, -0.05) is 6.92 Å². The number of aliphatic carboxylic acids is 1. The van der Waals surface area contributed by atoms with E-state index in [2.05, 4.69) is 22.2 Å². The van der Waals surface area contributed by atoms with Gasteiger partial charge in [0.05, 0.1) is 5.39 Å². The molecule has 0 bridgehead atoms. The SMILES string of the molecule is C[C@H]1CCCc2sc3ncnc(NCCC(=O)[O-])c3c21. The van der Waals surface area contributed by atoms with Crippen LogP contribution in [-0.2, 0) is 11.2 Å². The van der Waals surface area contributed by atoms with Crippen LogP contribution in [0.25, 0.3) is 10.2 Å². The van der Waals surface area contributed by atoms with Gasteiger partial charge >= 0.3 is 0 Å². The van der Waals surface area contributed by atoms with Crippen LogP contribution in [0.1, 0.15) is 42.5 Å². The molecule has 6 heteroatoms. The zero-order valence-corrected chi connectivity index (χ0v) is 12.1. The van der Waals surface area contributed by atoms with Crippen LogP contribution in [0.5, 0.6) is 0 Å². The van der Waals surface area contributed by atoms with Gasteiger partial charge in [0.1, 0.15) is 17.0 Å². The number of nitrogens with zero attached hydrogens (tertiary/aromatic N) is 2. The fourth-order valence-corrected chi connectivity index (χ4v) is 4.14. The lowest BCUT2D eigenvalue weighted by Gasteiger charge is -2.19. The van der Waals surface area contributed by atoms with Gasteiger partial charge in [-0.25, -0.2) is 9.97 Å². The van der Waals surface area contributed by atoms with Crippen LogP contribution in [0.2, 0.25) is 0 Å². The topological polar surface area (TPSA) is 77.9 Å². The molecule has 2 heterocycles. The quantitative estimate of drug-likeness (QED) is 0.927. The summed E-state index contributed by atoms with van der Waals surface area (Å²) in [5, 5.41) is 14.7. The van der Waals surface area contributed by atoms with E-state index in [1.54, 1.807) is 11.3 Å². The molecular weight excluding hydrogens is 274 g/mol. The summed E-state index contributed by atoms with van der Waals surface area (Å²) in [6.45, 7) is 2.57. The van der Waals surface area contributed by atoms with Crippen molar-refractivity contribution in [2.24, 2.45) is 0 Å². The normalized spacial score (nSPS) is 17.9. The van der Waals surface area contributed by atoms with E-state index in [9.17, 15) is 9.90 Å². The number of hydrogen-bond acceptors (Lipinski definition) is 6. The number of hydrogen-bond donors (Lipinski definition) is 1. The van der Waals surface area contributed by atoms with Crippen molar-refractivity contribution in [3.63, 3.8) is 0 Å². The molecule has 3 rings (SSSR count). The van der Waals surface area contributed by atoms with Crippen molar-refractivity contribution < 1.29 is 9.90 Å². The lowest BCUT2D eigenvalue weighted by molar-refractivity contribution is -0.305. The molecular formula is C14H16N3O2S-. The van der Waals surface area contributed by atoms with Gasteiger partial charge in [0, 0.05) is 23.8 Å². The van der Waals surface area contributed by atoms with E-state index in [1.165, 1.54) is 29.6 Å². The molecule has 0 spiro atoms. The Balaban J connectivity index is 1.99. The van der Waals surface area contributed by atoms with E-state index in [0.29, 0.717) is 12.5 Å². The third kappa shape index (κ3) is 2.35. The number of carboxylic acid groups (broad SMARTS) is 1. The fourth-order valence-electron chi connectivity index (χ4n) is 2.84. The van der Waals surface area contributed by atoms with Gasteiger partial charge in [0.2, 0.25) is 0 Å². The van der Waals surface area contributed by atoms with Crippen LogP contribution >= 0.6 is 11.3 Å². The highest BCUT2D eigenvalue weighted by atomic mass is 32.1. The lowest BCUT2D eigenvalue weighted by Crippen LogP contribution is -2.24. The highest BCUT2D eigenvalue weighted by Gasteiger charge is 2.24. The van der Waals surface area contributed by atoms with Crippen molar-refractivity contribution in [3.8, 4) is 0 Å². The Morgan fingerprint density at radius 2 is 2.40 bits per heavy atom. The van der Waals surface area contributed by atoms with Crippen LogP contribution in [-0.4, -0.2) is 22.5 Å². The molecule has 0 radical (unpaired) electrons. The Kier molecular flexibility index (Phi) is 3.56. The molecule has 0 unspecified atom stereocenters. The first kappa shape index (κ1) is 13.3. The third-order valence-corrected chi connectivity index (χ3v) is 4.93. The van der Waals surface area contributed by atoms with Crippen LogP contribution in [0.3, 0.4) is 0 Å². The molecule has 2 aromatic rings. The van der Waals surface area contributed by atoms with Crippen LogP contribution in [0.4, 0.5) is 5.82 Å². The van der Waals surface area contributed by atoms with Gasteiger partial charge in [0.25, 0.3) is 0 Å². The molecule has 1 aliphatic rings. The van der Waals surface area contributed by atoms with Crippen LogP contribution in [0.15, 0.2) is 6.33 Å². The van der Waals surface area contributed by atoms with Crippen molar-refractivity contribution in [2.75, 3.05) is 11.9 Å². The van der Waals surface area contributed by atoms with E-state index in [1.807, 2.05) is 0 Å². The molecule has 1 N–H and O–H groups in total. The molecule has 0 aromatic carbocycles. The minimum absolute atomic E-state index is 0.0205. The first-order valence-corrected chi connectivity index (χ1v) is 7.68.